The fraction of sp³-hybridized carbons (Fsp3) is 0.118. The zero-order chi connectivity index (χ0) is 18.4. The van der Waals surface area contributed by atoms with Crippen LogP contribution in [0.15, 0.2) is 72.2 Å². The highest BCUT2D eigenvalue weighted by molar-refractivity contribution is 7.93. The van der Waals surface area contributed by atoms with Gasteiger partial charge in [-0.15, -0.1) is 0 Å². The van der Waals surface area contributed by atoms with Crippen LogP contribution in [-0.4, -0.2) is 18.2 Å². The van der Waals surface area contributed by atoms with Crippen LogP contribution in [0.5, 0.6) is 0 Å². The minimum absolute atomic E-state index is 0.0982. The largest absolute Gasteiger partial charge is 0.282 e. The molecule has 0 radical (unpaired) electrons. The Morgan fingerprint density at radius 2 is 2.00 bits per heavy atom. The van der Waals surface area contributed by atoms with Crippen molar-refractivity contribution in [3.05, 3.63) is 77.9 Å². The molecule has 0 aliphatic rings. The number of aromatic nitrogens is 2. The quantitative estimate of drug-likeness (QED) is 0.764. The number of nitrogens with zero attached hydrogens (tertiary/aromatic N) is 2. The number of hydrogen-bond donors (Lipinski definition) is 1. The van der Waals surface area contributed by atoms with Crippen molar-refractivity contribution in [2.45, 2.75) is 13.0 Å². The van der Waals surface area contributed by atoms with Gasteiger partial charge < -0.3 is 0 Å². The zero-order valence-corrected chi connectivity index (χ0v) is 14.0. The van der Waals surface area contributed by atoms with Gasteiger partial charge in [0, 0.05) is 0 Å². The van der Waals surface area contributed by atoms with Gasteiger partial charge in [-0.25, -0.2) is 22.3 Å². The maximum absolute atomic E-state index is 13.0. The molecule has 0 aliphatic carbocycles. The summed E-state index contributed by atoms with van der Waals surface area (Å²) >= 11 is 0. The molecule has 0 bridgehead atoms. The molecule has 0 saturated carbocycles. The minimum Gasteiger partial charge on any atom is -0.261 e. The number of rotatable bonds is 7. The van der Waals surface area contributed by atoms with E-state index in [0.29, 0.717) is 5.69 Å². The summed E-state index contributed by atoms with van der Waals surface area (Å²) < 4.78 is 50.2. The first-order chi connectivity index (χ1) is 11.8. The number of allylic oxidation sites excluding steroid dienone is 4. The SMILES string of the molecule is C=C/C=C(\C=C/Cn1nc(C(F)F)cc1-c1ccccc1)S(N)(=O)=O. The second-order valence-corrected chi connectivity index (χ2v) is 6.62. The molecule has 0 spiro atoms. The molecule has 1 heterocycles. The lowest BCUT2D eigenvalue weighted by atomic mass is 10.1. The van der Waals surface area contributed by atoms with Crippen molar-refractivity contribution in [2.75, 3.05) is 0 Å². The van der Waals surface area contributed by atoms with E-state index < -0.39 is 16.4 Å². The van der Waals surface area contributed by atoms with Crippen molar-refractivity contribution in [1.29, 1.82) is 0 Å². The lowest BCUT2D eigenvalue weighted by molar-refractivity contribution is 0.145. The van der Waals surface area contributed by atoms with Gasteiger partial charge in [0.05, 0.1) is 17.1 Å². The molecule has 2 aromatic rings. The highest BCUT2D eigenvalue weighted by Gasteiger charge is 2.16. The molecule has 0 saturated heterocycles. The van der Waals surface area contributed by atoms with E-state index in [9.17, 15) is 17.2 Å². The van der Waals surface area contributed by atoms with E-state index in [4.69, 9.17) is 5.14 Å². The van der Waals surface area contributed by atoms with E-state index in [1.54, 1.807) is 24.3 Å². The minimum atomic E-state index is -3.90. The van der Waals surface area contributed by atoms with Gasteiger partial charge in [0.2, 0.25) is 10.0 Å². The first-order valence-corrected chi connectivity index (χ1v) is 8.81. The third kappa shape index (κ3) is 4.94. The van der Waals surface area contributed by atoms with Crippen molar-refractivity contribution in [2.24, 2.45) is 5.14 Å². The lowest BCUT2D eigenvalue weighted by Gasteiger charge is -2.05. The van der Waals surface area contributed by atoms with Crippen LogP contribution in [0.3, 0.4) is 0 Å². The predicted molar refractivity (Wildman–Crippen MR) is 93.1 cm³/mol. The predicted octanol–water partition coefficient (Wildman–Crippen LogP) is 3.40. The van der Waals surface area contributed by atoms with Crippen LogP contribution in [0, 0.1) is 0 Å². The number of sulfonamides is 1. The maximum atomic E-state index is 13.0. The number of hydrogen-bond acceptors (Lipinski definition) is 3. The average molecular weight is 365 g/mol. The highest BCUT2D eigenvalue weighted by atomic mass is 32.2. The first-order valence-electron chi connectivity index (χ1n) is 7.26. The zero-order valence-electron chi connectivity index (χ0n) is 13.2. The monoisotopic (exact) mass is 365 g/mol. The van der Waals surface area contributed by atoms with Gasteiger partial charge in [0.15, 0.2) is 0 Å². The van der Waals surface area contributed by atoms with Crippen molar-refractivity contribution in [3.8, 4) is 11.3 Å². The third-order valence-electron chi connectivity index (χ3n) is 3.26. The van der Waals surface area contributed by atoms with Crippen LogP contribution in [0.25, 0.3) is 11.3 Å². The summed E-state index contributed by atoms with van der Waals surface area (Å²) in [6.45, 7) is 3.52. The highest BCUT2D eigenvalue weighted by Crippen LogP contribution is 2.25. The van der Waals surface area contributed by atoms with Gasteiger partial charge >= 0.3 is 0 Å². The van der Waals surface area contributed by atoms with Gasteiger partial charge in [0.25, 0.3) is 6.43 Å². The van der Waals surface area contributed by atoms with Gasteiger partial charge in [-0.05, 0) is 23.8 Å². The Labute approximate surface area is 144 Å². The average Bonchev–Trinajstić information content (AvgIpc) is 2.98. The van der Waals surface area contributed by atoms with Crippen LogP contribution in [-0.2, 0) is 16.6 Å². The summed E-state index contributed by atoms with van der Waals surface area (Å²) in [5.74, 6) is 0. The van der Waals surface area contributed by atoms with E-state index >= 15 is 0 Å². The molecule has 0 amide bonds. The smallest absolute Gasteiger partial charge is 0.261 e. The van der Waals surface area contributed by atoms with Crippen molar-refractivity contribution < 1.29 is 17.2 Å². The topological polar surface area (TPSA) is 78.0 Å². The second kappa shape index (κ2) is 8.00. The van der Waals surface area contributed by atoms with Crippen molar-refractivity contribution in [3.63, 3.8) is 0 Å². The Morgan fingerprint density at radius 3 is 2.56 bits per heavy atom. The fourth-order valence-corrected chi connectivity index (χ4v) is 2.73. The Kier molecular flexibility index (Phi) is 6.00. The molecule has 0 aliphatic heterocycles. The molecule has 8 heteroatoms. The summed E-state index contributed by atoms with van der Waals surface area (Å²) in [7, 11) is -3.90. The molecule has 0 atom stereocenters. The van der Waals surface area contributed by atoms with E-state index in [1.807, 2.05) is 6.07 Å². The van der Waals surface area contributed by atoms with Gasteiger partial charge in [-0.2, -0.15) is 5.10 Å². The molecule has 25 heavy (non-hydrogen) atoms. The summed E-state index contributed by atoms with van der Waals surface area (Å²) in [4.78, 5) is -0.134. The van der Waals surface area contributed by atoms with Crippen LogP contribution in [0.4, 0.5) is 8.78 Å². The Hall–Kier alpha value is -2.58. The number of halogens is 2. The third-order valence-corrected chi connectivity index (χ3v) is 4.19. The first kappa shape index (κ1) is 18.8. The summed E-state index contributed by atoms with van der Waals surface area (Å²) in [5.41, 5.74) is 0.884. The normalized spacial score (nSPS) is 12.9. The molecule has 0 fully saturated rings. The number of alkyl halides is 2. The van der Waals surface area contributed by atoms with Crippen LogP contribution in [0.1, 0.15) is 12.1 Å². The van der Waals surface area contributed by atoms with E-state index in [1.165, 1.54) is 35.1 Å². The fourth-order valence-electron chi connectivity index (χ4n) is 2.15. The Balaban J connectivity index is 2.34. The van der Waals surface area contributed by atoms with E-state index in [0.717, 1.165) is 5.56 Å². The summed E-state index contributed by atoms with van der Waals surface area (Å²) in [6, 6.07) is 10.3. The van der Waals surface area contributed by atoms with Crippen LogP contribution < -0.4 is 5.14 Å². The molecular weight excluding hydrogens is 348 g/mol. The van der Waals surface area contributed by atoms with Gasteiger partial charge in [0.1, 0.15) is 5.69 Å². The number of nitrogens with two attached hydrogens (primary N) is 1. The van der Waals surface area contributed by atoms with Crippen molar-refractivity contribution >= 4 is 10.0 Å². The number of primary sulfonamides is 1. The van der Waals surface area contributed by atoms with E-state index in [-0.39, 0.29) is 17.1 Å². The maximum Gasteiger partial charge on any atom is 0.282 e. The van der Waals surface area contributed by atoms with Gasteiger partial charge in [-0.3, -0.25) is 4.68 Å². The molecule has 2 rings (SSSR count). The molecule has 1 aromatic heterocycles. The summed E-state index contributed by atoms with van der Waals surface area (Å²) in [6.07, 6.45) is 2.61. The van der Waals surface area contributed by atoms with Crippen molar-refractivity contribution in [1.82, 2.24) is 9.78 Å². The van der Waals surface area contributed by atoms with Gasteiger partial charge in [-0.1, -0.05) is 49.1 Å². The lowest BCUT2D eigenvalue weighted by Crippen LogP contribution is -2.13. The Morgan fingerprint density at radius 1 is 1.32 bits per heavy atom. The van der Waals surface area contributed by atoms with E-state index in [2.05, 4.69) is 11.7 Å². The molecule has 0 unspecified atom stereocenters. The second-order valence-electron chi connectivity index (χ2n) is 5.06. The van der Waals surface area contributed by atoms with Crippen LogP contribution in [0.2, 0.25) is 0 Å². The molecule has 132 valence electrons. The summed E-state index contributed by atoms with van der Waals surface area (Å²) in [5, 5.41) is 8.98. The molecule has 5 nitrogen and oxygen atoms in total. The molecule has 1 aromatic carbocycles. The molecular formula is C17H17F2N3O2S. The number of benzene rings is 1. The Bertz CT molecular complexity index is 901. The molecule has 2 N–H and O–H groups in total. The van der Waals surface area contributed by atoms with Crippen LogP contribution >= 0.6 is 0 Å². The standard InChI is InChI=1S/C17H17F2N3O2S/c1-2-7-14(25(20,23)24)10-6-11-22-16(12-15(21-22)17(18)19)13-8-4-3-5-9-13/h2-10,12,17H,1,11H2,(H2,20,23,24)/b10-6-,14-7+.